The van der Waals surface area contributed by atoms with Crippen LogP contribution in [-0.4, -0.2) is 32.2 Å². The van der Waals surface area contributed by atoms with E-state index in [0.29, 0.717) is 16.7 Å². The van der Waals surface area contributed by atoms with Crippen LogP contribution in [0, 0.1) is 0 Å². The van der Waals surface area contributed by atoms with E-state index in [2.05, 4.69) is 37.6 Å². The van der Waals surface area contributed by atoms with Gasteiger partial charge in [0.15, 0.2) is 0 Å². The SMILES string of the molecule is C=C(C)/C(=C\C=C/C)CC(=O)Nc1nnc([C@H]2CCC[C@H](c3nnc(NC(=O)Cc4ccccc4)s3)C2)s1. The van der Waals surface area contributed by atoms with Gasteiger partial charge in [0.05, 0.1) is 12.8 Å². The summed E-state index contributed by atoms with van der Waals surface area (Å²) >= 11 is 2.87. The first-order valence-corrected chi connectivity index (χ1v) is 14.3. The molecular weight excluding hydrogens is 516 g/mol. The quantitative estimate of drug-likeness (QED) is 0.283. The molecule has 8 nitrogen and oxygen atoms in total. The standard InChI is InChI=1S/C28H32N6O2S2/c1-4-5-12-20(18(2)3)17-24(36)30-28-34-32-26(38-28)22-14-9-13-21(16-22)25-31-33-27(37-25)29-23(35)15-19-10-7-6-8-11-19/h4-8,10-12,21-22H,2,9,13-17H2,1,3H3,(H,29,33,35)(H,30,34,36)/b5-4-,20-12-/t21-,22-/m0/s1. The van der Waals surface area contributed by atoms with Crippen molar-refractivity contribution in [3.8, 4) is 0 Å². The molecule has 4 rings (SSSR count). The summed E-state index contributed by atoms with van der Waals surface area (Å²) in [4.78, 5) is 25.0. The van der Waals surface area contributed by atoms with Crippen molar-refractivity contribution >= 4 is 44.8 Å². The molecule has 38 heavy (non-hydrogen) atoms. The Bertz CT molecular complexity index is 1330. The molecule has 10 heteroatoms. The Morgan fingerprint density at radius 1 is 0.974 bits per heavy atom. The van der Waals surface area contributed by atoms with Gasteiger partial charge in [0.25, 0.3) is 0 Å². The minimum Gasteiger partial charge on any atom is -0.300 e. The van der Waals surface area contributed by atoms with Crippen LogP contribution in [0.15, 0.2) is 66.3 Å². The van der Waals surface area contributed by atoms with Gasteiger partial charge in [-0.2, -0.15) is 0 Å². The molecule has 2 amide bonds. The van der Waals surface area contributed by atoms with Gasteiger partial charge in [0.2, 0.25) is 22.1 Å². The van der Waals surface area contributed by atoms with Crippen molar-refractivity contribution in [2.45, 2.75) is 64.2 Å². The highest BCUT2D eigenvalue weighted by Crippen LogP contribution is 2.43. The summed E-state index contributed by atoms with van der Waals surface area (Å²) in [6, 6.07) is 9.63. The van der Waals surface area contributed by atoms with Crippen LogP contribution in [-0.2, 0) is 16.0 Å². The van der Waals surface area contributed by atoms with Crippen molar-refractivity contribution < 1.29 is 9.59 Å². The van der Waals surface area contributed by atoms with Crippen molar-refractivity contribution in [1.29, 1.82) is 0 Å². The number of anilines is 2. The van der Waals surface area contributed by atoms with Crippen molar-refractivity contribution in [3.63, 3.8) is 0 Å². The fraction of sp³-hybridized carbons (Fsp3) is 0.357. The number of amides is 2. The lowest BCUT2D eigenvalue weighted by molar-refractivity contribution is -0.116. The van der Waals surface area contributed by atoms with E-state index in [0.717, 1.165) is 52.4 Å². The smallest absolute Gasteiger partial charge is 0.230 e. The molecule has 1 aromatic carbocycles. The zero-order valence-corrected chi connectivity index (χ0v) is 23.3. The number of hydrogen-bond acceptors (Lipinski definition) is 8. The van der Waals surface area contributed by atoms with E-state index in [1.54, 1.807) is 0 Å². The van der Waals surface area contributed by atoms with Gasteiger partial charge < -0.3 is 10.6 Å². The van der Waals surface area contributed by atoms with E-state index in [-0.39, 0.29) is 30.1 Å². The predicted molar refractivity (Wildman–Crippen MR) is 154 cm³/mol. The van der Waals surface area contributed by atoms with Gasteiger partial charge in [-0.25, -0.2) is 0 Å². The molecule has 198 valence electrons. The lowest BCUT2D eigenvalue weighted by Gasteiger charge is -2.25. The number of nitrogens with zero attached hydrogens (tertiary/aromatic N) is 4. The second-order valence-electron chi connectivity index (χ2n) is 9.38. The molecule has 1 saturated carbocycles. The van der Waals surface area contributed by atoms with Gasteiger partial charge in [0, 0.05) is 11.8 Å². The Morgan fingerprint density at radius 2 is 1.58 bits per heavy atom. The van der Waals surface area contributed by atoms with Gasteiger partial charge in [-0.05, 0) is 44.2 Å². The van der Waals surface area contributed by atoms with Crippen molar-refractivity contribution in [1.82, 2.24) is 20.4 Å². The zero-order valence-electron chi connectivity index (χ0n) is 21.6. The third-order valence-corrected chi connectivity index (χ3v) is 8.35. The van der Waals surface area contributed by atoms with Crippen LogP contribution in [0.4, 0.5) is 10.3 Å². The minimum absolute atomic E-state index is 0.100. The van der Waals surface area contributed by atoms with Crippen LogP contribution in [0.1, 0.15) is 73.4 Å². The number of nitrogens with one attached hydrogen (secondary N) is 2. The molecule has 3 aromatic rings. The Labute approximate surface area is 231 Å². The van der Waals surface area contributed by atoms with E-state index < -0.39 is 0 Å². The fourth-order valence-corrected chi connectivity index (χ4v) is 6.20. The largest absolute Gasteiger partial charge is 0.300 e. The van der Waals surface area contributed by atoms with Crippen molar-refractivity contribution in [2.75, 3.05) is 10.6 Å². The number of benzene rings is 1. The molecule has 2 atom stereocenters. The van der Waals surface area contributed by atoms with Crippen LogP contribution in [0.2, 0.25) is 0 Å². The normalized spacial score (nSPS) is 17.9. The fourth-order valence-electron chi connectivity index (χ4n) is 4.38. The number of hydrogen-bond donors (Lipinski definition) is 2. The van der Waals surface area contributed by atoms with Gasteiger partial charge in [0.1, 0.15) is 10.0 Å². The summed E-state index contributed by atoms with van der Waals surface area (Å²) in [6.07, 6.45) is 10.2. The molecule has 0 spiro atoms. The number of rotatable bonds is 10. The molecule has 1 aliphatic carbocycles. The first-order valence-electron chi connectivity index (χ1n) is 12.7. The highest BCUT2D eigenvalue weighted by atomic mass is 32.1. The van der Waals surface area contributed by atoms with Gasteiger partial charge in [-0.3, -0.25) is 9.59 Å². The third kappa shape index (κ3) is 7.75. The molecule has 2 heterocycles. The highest BCUT2D eigenvalue weighted by Gasteiger charge is 2.29. The summed E-state index contributed by atoms with van der Waals surface area (Å²) in [5, 5.41) is 25.9. The van der Waals surface area contributed by atoms with Crippen molar-refractivity contribution in [3.05, 3.63) is 81.9 Å². The second kappa shape index (κ2) is 13.3. The molecule has 1 fully saturated rings. The Morgan fingerprint density at radius 3 is 2.16 bits per heavy atom. The number of aromatic nitrogens is 4. The maximum absolute atomic E-state index is 12.6. The lowest BCUT2D eigenvalue weighted by atomic mass is 9.82. The molecule has 0 aliphatic heterocycles. The Kier molecular flexibility index (Phi) is 9.67. The number of carbonyl (C=O) groups is 2. The summed E-state index contributed by atoms with van der Waals surface area (Å²) in [5.41, 5.74) is 2.70. The summed E-state index contributed by atoms with van der Waals surface area (Å²) in [7, 11) is 0. The Balaban J connectivity index is 1.32. The maximum Gasteiger partial charge on any atom is 0.230 e. The predicted octanol–water partition coefficient (Wildman–Crippen LogP) is 6.42. The number of allylic oxidation sites excluding steroid dienone is 4. The van der Waals surface area contributed by atoms with Crippen molar-refractivity contribution in [2.24, 2.45) is 0 Å². The maximum atomic E-state index is 12.6. The minimum atomic E-state index is -0.135. The number of carbonyl (C=O) groups excluding carboxylic acids is 2. The summed E-state index contributed by atoms with van der Waals surface area (Å²) in [6.45, 7) is 7.79. The van der Waals surface area contributed by atoms with E-state index >= 15 is 0 Å². The van der Waals surface area contributed by atoms with Gasteiger partial charge in [-0.1, -0.05) is 89.8 Å². The van der Waals surface area contributed by atoms with E-state index in [9.17, 15) is 9.59 Å². The van der Waals surface area contributed by atoms with Crippen LogP contribution >= 0.6 is 22.7 Å². The molecule has 0 radical (unpaired) electrons. The average molecular weight is 549 g/mol. The average Bonchev–Trinajstić information content (AvgIpc) is 3.57. The van der Waals surface area contributed by atoms with E-state index in [1.807, 2.05) is 62.4 Å². The van der Waals surface area contributed by atoms with Gasteiger partial charge >= 0.3 is 0 Å². The topological polar surface area (TPSA) is 110 Å². The summed E-state index contributed by atoms with van der Waals surface area (Å²) < 4.78 is 0. The molecule has 2 N–H and O–H groups in total. The molecule has 1 aliphatic rings. The van der Waals surface area contributed by atoms with Crippen LogP contribution in [0.5, 0.6) is 0 Å². The first kappa shape index (κ1) is 27.5. The second-order valence-corrected chi connectivity index (χ2v) is 11.4. The van der Waals surface area contributed by atoms with Gasteiger partial charge in [-0.15, -0.1) is 20.4 Å². The molecule has 0 bridgehead atoms. The summed E-state index contributed by atoms with van der Waals surface area (Å²) in [5.74, 6) is 0.264. The van der Waals surface area contributed by atoms with Crippen LogP contribution in [0.25, 0.3) is 0 Å². The first-order chi connectivity index (χ1) is 18.4. The molecular formula is C28H32N6O2S2. The van der Waals surface area contributed by atoms with Crippen LogP contribution < -0.4 is 10.6 Å². The van der Waals surface area contributed by atoms with E-state index in [1.165, 1.54) is 22.7 Å². The monoisotopic (exact) mass is 548 g/mol. The lowest BCUT2D eigenvalue weighted by Crippen LogP contribution is -2.14. The molecule has 0 saturated heterocycles. The van der Waals surface area contributed by atoms with Crippen LogP contribution in [0.3, 0.4) is 0 Å². The third-order valence-electron chi connectivity index (χ3n) is 6.34. The molecule has 2 aromatic heterocycles. The molecule has 0 unspecified atom stereocenters. The Hall–Kier alpha value is -3.50. The van der Waals surface area contributed by atoms with E-state index in [4.69, 9.17) is 0 Å². The highest BCUT2D eigenvalue weighted by molar-refractivity contribution is 7.15. The zero-order chi connectivity index (χ0) is 26.9.